The molecule has 1 aromatic rings. The van der Waals surface area contributed by atoms with Gasteiger partial charge in [-0.25, -0.2) is 9.18 Å². The fraction of sp³-hybridized carbons (Fsp3) is 0.385. The van der Waals surface area contributed by atoms with Gasteiger partial charge < -0.3 is 15.7 Å². The third-order valence-electron chi connectivity index (χ3n) is 3.33. The lowest BCUT2D eigenvalue weighted by Crippen LogP contribution is -2.48. The SMILES string of the molecule is Nc1c(F)cccc1C(=O)N1CCCC[C@@H]1C(=O)O. The van der Waals surface area contributed by atoms with Gasteiger partial charge in [-0.3, -0.25) is 4.79 Å². The Bertz CT molecular complexity index is 519. The van der Waals surface area contributed by atoms with Crippen LogP contribution in [0.5, 0.6) is 0 Å². The van der Waals surface area contributed by atoms with Crippen molar-refractivity contribution in [3.05, 3.63) is 29.6 Å². The van der Waals surface area contributed by atoms with Gasteiger partial charge in [0.25, 0.3) is 5.91 Å². The number of aliphatic carboxylic acids is 1. The van der Waals surface area contributed by atoms with Gasteiger partial charge in [0.1, 0.15) is 11.9 Å². The standard InChI is InChI=1S/C13H15FN2O3/c14-9-5-3-4-8(11(9)15)12(17)16-7-2-1-6-10(16)13(18)19/h3-5,10H,1-2,6-7,15H2,(H,18,19)/t10-/m1/s1. The van der Waals surface area contributed by atoms with Gasteiger partial charge in [0, 0.05) is 6.54 Å². The number of likely N-dealkylation sites (tertiary alicyclic amines) is 1. The van der Waals surface area contributed by atoms with Crippen molar-refractivity contribution in [2.45, 2.75) is 25.3 Å². The molecule has 1 heterocycles. The number of halogens is 1. The average Bonchev–Trinajstić information content (AvgIpc) is 2.41. The first-order chi connectivity index (χ1) is 9.02. The van der Waals surface area contributed by atoms with Gasteiger partial charge in [-0.2, -0.15) is 0 Å². The summed E-state index contributed by atoms with van der Waals surface area (Å²) in [5.41, 5.74) is 5.33. The predicted octanol–water partition coefficient (Wildman–Crippen LogP) is 1.49. The highest BCUT2D eigenvalue weighted by Crippen LogP contribution is 2.23. The van der Waals surface area contributed by atoms with Gasteiger partial charge >= 0.3 is 5.97 Å². The number of carbonyl (C=O) groups is 2. The number of para-hydroxylation sites is 1. The van der Waals surface area contributed by atoms with Crippen molar-refractivity contribution in [3.63, 3.8) is 0 Å². The van der Waals surface area contributed by atoms with Crippen LogP contribution in [-0.2, 0) is 4.79 Å². The molecule has 1 saturated heterocycles. The quantitative estimate of drug-likeness (QED) is 0.794. The monoisotopic (exact) mass is 266 g/mol. The fourth-order valence-electron chi connectivity index (χ4n) is 2.31. The lowest BCUT2D eigenvalue weighted by atomic mass is 10.0. The van der Waals surface area contributed by atoms with Crippen LogP contribution in [0.1, 0.15) is 29.6 Å². The van der Waals surface area contributed by atoms with Crippen LogP contribution in [0.25, 0.3) is 0 Å². The number of anilines is 1. The normalized spacial score (nSPS) is 19.2. The fourth-order valence-corrected chi connectivity index (χ4v) is 2.31. The lowest BCUT2D eigenvalue weighted by molar-refractivity contribution is -0.143. The molecule has 102 valence electrons. The average molecular weight is 266 g/mol. The van der Waals surface area contributed by atoms with Crippen LogP contribution < -0.4 is 5.73 Å². The first-order valence-electron chi connectivity index (χ1n) is 6.10. The van der Waals surface area contributed by atoms with Crippen molar-refractivity contribution in [3.8, 4) is 0 Å². The number of hydrogen-bond donors (Lipinski definition) is 2. The molecule has 0 spiro atoms. The van der Waals surface area contributed by atoms with E-state index in [1.54, 1.807) is 0 Å². The molecule has 0 unspecified atom stereocenters. The van der Waals surface area contributed by atoms with Gasteiger partial charge in [-0.1, -0.05) is 6.07 Å². The topological polar surface area (TPSA) is 83.6 Å². The van der Waals surface area contributed by atoms with Crippen molar-refractivity contribution in [2.75, 3.05) is 12.3 Å². The summed E-state index contributed by atoms with van der Waals surface area (Å²) in [5.74, 6) is -2.23. The van der Waals surface area contributed by atoms with E-state index < -0.39 is 23.7 Å². The minimum absolute atomic E-state index is 0.0214. The molecular formula is C13H15FN2O3. The van der Waals surface area contributed by atoms with E-state index in [2.05, 4.69) is 0 Å². The molecule has 1 aliphatic heterocycles. The van der Waals surface area contributed by atoms with E-state index in [9.17, 15) is 14.0 Å². The molecule has 1 atom stereocenters. The van der Waals surface area contributed by atoms with E-state index in [1.165, 1.54) is 17.0 Å². The van der Waals surface area contributed by atoms with E-state index in [0.717, 1.165) is 18.9 Å². The zero-order chi connectivity index (χ0) is 14.0. The first-order valence-corrected chi connectivity index (χ1v) is 6.10. The van der Waals surface area contributed by atoms with Gasteiger partial charge in [0.15, 0.2) is 0 Å². The van der Waals surface area contributed by atoms with Crippen LogP contribution in [0.3, 0.4) is 0 Å². The van der Waals surface area contributed by atoms with Crippen molar-refractivity contribution >= 4 is 17.6 Å². The van der Waals surface area contributed by atoms with E-state index in [0.29, 0.717) is 13.0 Å². The van der Waals surface area contributed by atoms with Crippen LogP contribution in [-0.4, -0.2) is 34.5 Å². The summed E-state index contributed by atoms with van der Waals surface area (Å²) in [5, 5.41) is 9.13. The third kappa shape index (κ3) is 2.52. The molecule has 1 aromatic carbocycles. The molecule has 0 radical (unpaired) electrons. The van der Waals surface area contributed by atoms with E-state index in [4.69, 9.17) is 10.8 Å². The molecule has 19 heavy (non-hydrogen) atoms. The molecule has 6 heteroatoms. The number of nitrogens with zero attached hydrogens (tertiary/aromatic N) is 1. The van der Waals surface area contributed by atoms with E-state index in [1.807, 2.05) is 0 Å². The summed E-state index contributed by atoms with van der Waals surface area (Å²) >= 11 is 0. The van der Waals surface area contributed by atoms with Gasteiger partial charge in [-0.05, 0) is 31.4 Å². The summed E-state index contributed by atoms with van der Waals surface area (Å²) in [6, 6.07) is 3.10. The van der Waals surface area contributed by atoms with Crippen molar-refractivity contribution < 1.29 is 19.1 Å². The Morgan fingerprint density at radius 2 is 2.11 bits per heavy atom. The molecule has 1 amide bonds. The second kappa shape index (κ2) is 5.26. The number of nitrogens with two attached hydrogens (primary N) is 1. The number of carbonyl (C=O) groups excluding carboxylic acids is 1. The number of hydrogen-bond acceptors (Lipinski definition) is 3. The molecule has 0 bridgehead atoms. The predicted molar refractivity (Wildman–Crippen MR) is 67.1 cm³/mol. The van der Waals surface area contributed by atoms with E-state index in [-0.39, 0.29) is 11.3 Å². The molecular weight excluding hydrogens is 251 g/mol. The Labute approximate surface area is 109 Å². The van der Waals surface area contributed by atoms with Gasteiger partial charge in [-0.15, -0.1) is 0 Å². The lowest BCUT2D eigenvalue weighted by Gasteiger charge is -2.33. The summed E-state index contributed by atoms with van der Waals surface area (Å²) in [7, 11) is 0. The highest BCUT2D eigenvalue weighted by molar-refractivity contribution is 6.01. The molecule has 0 aliphatic carbocycles. The van der Waals surface area contributed by atoms with Crippen LogP contribution in [0.4, 0.5) is 10.1 Å². The highest BCUT2D eigenvalue weighted by Gasteiger charge is 2.33. The third-order valence-corrected chi connectivity index (χ3v) is 3.33. The number of carboxylic acid groups (broad SMARTS) is 1. The molecule has 3 N–H and O–H groups in total. The Morgan fingerprint density at radius 3 is 2.79 bits per heavy atom. The molecule has 1 aliphatic rings. The minimum Gasteiger partial charge on any atom is -0.480 e. The zero-order valence-electron chi connectivity index (χ0n) is 10.3. The maximum atomic E-state index is 13.4. The summed E-state index contributed by atoms with van der Waals surface area (Å²) in [6.07, 6.45) is 1.92. The van der Waals surface area contributed by atoms with Gasteiger partial charge in [0.05, 0.1) is 11.3 Å². The Balaban J connectivity index is 2.31. The first kappa shape index (κ1) is 13.3. The zero-order valence-corrected chi connectivity index (χ0v) is 10.3. The van der Waals surface area contributed by atoms with Crippen LogP contribution in [0, 0.1) is 5.82 Å². The maximum Gasteiger partial charge on any atom is 0.326 e. The summed E-state index contributed by atoms with van der Waals surface area (Å²) in [6.45, 7) is 0.353. The van der Waals surface area contributed by atoms with Crippen LogP contribution in [0.2, 0.25) is 0 Å². The number of benzene rings is 1. The van der Waals surface area contributed by atoms with Crippen LogP contribution >= 0.6 is 0 Å². The number of rotatable bonds is 2. The maximum absolute atomic E-state index is 13.4. The van der Waals surface area contributed by atoms with Gasteiger partial charge in [0.2, 0.25) is 0 Å². The Kier molecular flexibility index (Phi) is 3.69. The minimum atomic E-state index is -1.04. The summed E-state index contributed by atoms with van der Waals surface area (Å²) < 4.78 is 13.4. The molecule has 0 saturated carbocycles. The van der Waals surface area contributed by atoms with E-state index >= 15 is 0 Å². The second-order valence-corrected chi connectivity index (χ2v) is 4.55. The Hall–Kier alpha value is -2.11. The highest BCUT2D eigenvalue weighted by atomic mass is 19.1. The smallest absolute Gasteiger partial charge is 0.326 e. The van der Waals surface area contributed by atoms with Crippen molar-refractivity contribution in [1.29, 1.82) is 0 Å². The number of carboxylic acids is 1. The largest absolute Gasteiger partial charge is 0.480 e. The number of amides is 1. The second-order valence-electron chi connectivity index (χ2n) is 4.55. The molecule has 0 aromatic heterocycles. The van der Waals surface area contributed by atoms with Crippen LogP contribution in [0.15, 0.2) is 18.2 Å². The number of nitrogen functional groups attached to an aromatic ring is 1. The molecule has 5 nitrogen and oxygen atoms in total. The molecule has 1 fully saturated rings. The number of piperidine rings is 1. The molecule has 2 rings (SSSR count). The summed E-state index contributed by atoms with van der Waals surface area (Å²) in [4.78, 5) is 24.7. The Morgan fingerprint density at radius 1 is 1.37 bits per heavy atom. The van der Waals surface area contributed by atoms with Crippen molar-refractivity contribution in [1.82, 2.24) is 4.90 Å². The van der Waals surface area contributed by atoms with Crippen molar-refractivity contribution in [2.24, 2.45) is 0 Å².